The Kier molecular flexibility index (Phi) is 7.88. The molecule has 244 valence electrons. The highest BCUT2D eigenvalue weighted by Crippen LogP contribution is 2.43. The van der Waals surface area contributed by atoms with Gasteiger partial charge in [-0.3, -0.25) is 5.32 Å². The highest BCUT2D eigenvalue weighted by Gasteiger charge is 2.48. The predicted molar refractivity (Wildman–Crippen MR) is 180 cm³/mol. The van der Waals surface area contributed by atoms with E-state index in [1.54, 1.807) is 15.1 Å². The second-order valence-corrected chi connectivity index (χ2v) is 15.6. The molecule has 2 aliphatic heterocycles. The standard InChI is InChI=1S/C35H39N7O4S/c1-22-5-11-26(12-6-22)41-32(20-31(40-41)35(2,3)4)39-34(43)38-25-9-7-23(8-10-25)17-24-18-27-13-14-28(19-24)42(27)47(44,45)33-29-21-37-46-30(29)15-16-36-33/h5-12,15-16,20-21,24,27-28H,13-14,17-19H2,1-4H3,(H2,38,39,43). The van der Waals surface area contributed by atoms with Gasteiger partial charge in [0.2, 0.25) is 0 Å². The molecule has 12 heteroatoms. The zero-order valence-corrected chi connectivity index (χ0v) is 27.8. The SMILES string of the molecule is Cc1ccc(-n2nc(C(C)(C)C)cc2NC(=O)Nc2ccc(CC3CC4CCC(C3)N4S(=O)(=O)c3nccc4oncc34)cc2)cc1. The molecule has 0 spiro atoms. The van der Waals surface area contributed by atoms with Crippen molar-refractivity contribution in [2.24, 2.45) is 5.92 Å². The van der Waals surface area contributed by atoms with Crippen LogP contribution < -0.4 is 10.6 Å². The van der Waals surface area contributed by atoms with Crippen molar-refractivity contribution in [3.8, 4) is 5.69 Å². The molecule has 47 heavy (non-hydrogen) atoms. The minimum atomic E-state index is -3.79. The van der Waals surface area contributed by atoms with Crippen molar-refractivity contribution in [1.82, 2.24) is 24.2 Å². The number of pyridine rings is 1. The van der Waals surface area contributed by atoms with E-state index in [2.05, 4.69) is 41.5 Å². The molecule has 2 fully saturated rings. The monoisotopic (exact) mass is 653 g/mol. The summed E-state index contributed by atoms with van der Waals surface area (Å²) in [7, 11) is -3.79. The number of aryl methyl sites for hydroxylation is 1. The quantitative estimate of drug-likeness (QED) is 0.197. The summed E-state index contributed by atoms with van der Waals surface area (Å²) in [5.74, 6) is 0.948. The van der Waals surface area contributed by atoms with Crippen LogP contribution >= 0.6 is 0 Å². The molecule has 3 aromatic heterocycles. The van der Waals surface area contributed by atoms with Gasteiger partial charge in [0.1, 0.15) is 5.82 Å². The van der Waals surface area contributed by atoms with Crippen LogP contribution in [0.4, 0.5) is 16.3 Å². The average molecular weight is 654 g/mol. The van der Waals surface area contributed by atoms with Crippen molar-refractivity contribution in [2.45, 2.75) is 82.3 Å². The summed E-state index contributed by atoms with van der Waals surface area (Å²) in [5.41, 5.74) is 4.95. The number of rotatable bonds is 7. The fourth-order valence-corrected chi connectivity index (χ4v) is 8.93. The predicted octanol–water partition coefficient (Wildman–Crippen LogP) is 6.83. The van der Waals surface area contributed by atoms with Crippen LogP contribution in [0.25, 0.3) is 16.7 Å². The van der Waals surface area contributed by atoms with Crippen LogP contribution in [0.2, 0.25) is 0 Å². The molecule has 0 saturated carbocycles. The molecule has 2 unspecified atom stereocenters. The molecule has 2 saturated heterocycles. The Morgan fingerprint density at radius 1 is 0.979 bits per heavy atom. The Balaban J connectivity index is 0.993. The van der Waals surface area contributed by atoms with Crippen LogP contribution in [0.3, 0.4) is 0 Å². The number of sulfonamides is 1. The van der Waals surface area contributed by atoms with Crippen LogP contribution in [-0.2, 0) is 21.9 Å². The van der Waals surface area contributed by atoms with Crippen molar-refractivity contribution in [2.75, 3.05) is 10.6 Å². The van der Waals surface area contributed by atoms with E-state index in [1.165, 1.54) is 12.4 Å². The summed E-state index contributed by atoms with van der Waals surface area (Å²) in [6, 6.07) is 19.0. The van der Waals surface area contributed by atoms with Crippen molar-refractivity contribution in [1.29, 1.82) is 0 Å². The Morgan fingerprint density at radius 2 is 1.68 bits per heavy atom. The normalized spacial score (nSPS) is 20.0. The van der Waals surface area contributed by atoms with E-state index >= 15 is 0 Å². The fraction of sp³-hybridized carbons (Fsp3) is 0.371. The van der Waals surface area contributed by atoms with E-state index in [1.807, 2.05) is 61.5 Å². The van der Waals surface area contributed by atoms with E-state index < -0.39 is 10.0 Å². The third-order valence-corrected chi connectivity index (χ3v) is 11.2. The molecule has 11 nitrogen and oxygen atoms in total. The van der Waals surface area contributed by atoms with E-state index in [-0.39, 0.29) is 28.6 Å². The van der Waals surface area contributed by atoms with Gasteiger partial charge >= 0.3 is 6.03 Å². The number of benzene rings is 2. The van der Waals surface area contributed by atoms with E-state index in [0.29, 0.717) is 28.4 Å². The van der Waals surface area contributed by atoms with Crippen molar-refractivity contribution in [3.05, 3.63) is 89.9 Å². The number of urea groups is 1. The highest BCUT2D eigenvalue weighted by molar-refractivity contribution is 7.89. The summed E-state index contributed by atoms with van der Waals surface area (Å²) in [6.07, 6.45) is 7.01. The van der Waals surface area contributed by atoms with Crippen LogP contribution in [0.5, 0.6) is 0 Å². The molecule has 2 bridgehead atoms. The van der Waals surface area contributed by atoms with Crippen LogP contribution in [0.15, 0.2) is 82.6 Å². The van der Waals surface area contributed by atoms with Gasteiger partial charge in [-0.1, -0.05) is 55.8 Å². The Hall–Kier alpha value is -4.55. The summed E-state index contributed by atoms with van der Waals surface area (Å²) in [5, 5.41) is 14.9. The molecule has 2 aliphatic rings. The van der Waals surface area contributed by atoms with Crippen molar-refractivity contribution in [3.63, 3.8) is 0 Å². The number of nitrogens with one attached hydrogen (secondary N) is 2. The van der Waals surface area contributed by atoms with Gasteiger partial charge in [0.15, 0.2) is 10.6 Å². The van der Waals surface area contributed by atoms with E-state index in [0.717, 1.165) is 54.6 Å². The Morgan fingerprint density at radius 3 is 2.36 bits per heavy atom. The van der Waals surface area contributed by atoms with Gasteiger partial charge in [0.25, 0.3) is 10.0 Å². The molecule has 2 aromatic carbocycles. The lowest BCUT2D eigenvalue weighted by atomic mass is 9.87. The molecule has 7 rings (SSSR count). The number of amides is 2. The summed E-state index contributed by atoms with van der Waals surface area (Å²) in [6.45, 7) is 8.31. The zero-order valence-electron chi connectivity index (χ0n) is 27.0. The Labute approximate surface area is 274 Å². The van der Waals surface area contributed by atoms with Gasteiger partial charge in [-0.15, -0.1) is 0 Å². The molecule has 2 N–H and O–H groups in total. The molecule has 5 heterocycles. The van der Waals surface area contributed by atoms with Crippen molar-refractivity contribution < 1.29 is 17.7 Å². The topological polar surface area (TPSA) is 135 Å². The third-order valence-electron chi connectivity index (χ3n) is 9.27. The molecule has 2 atom stereocenters. The maximum Gasteiger partial charge on any atom is 0.324 e. The maximum absolute atomic E-state index is 13.8. The summed E-state index contributed by atoms with van der Waals surface area (Å²) < 4.78 is 36.2. The number of nitrogens with zero attached hydrogens (tertiary/aromatic N) is 5. The van der Waals surface area contributed by atoms with Crippen LogP contribution in [-0.4, -0.2) is 50.8 Å². The van der Waals surface area contributed by atoms with E-state index in [4.69, 9.17) is 9.62 Å². The van der Waals surface area contributed by atoms with Crippen LogP contribution in [0, 0.1) is 12.8 Å². The lowest BCUT2D eigenvalue weighted by molar-refractivity contribution is 0.190. The van der Waals surface area contributed by atoms with E-state index in [9.17, 15) is 13.2 Å². The van der Waals surface area contributed by atoms with Gasteiger partial charge in [0.05, 0.1) is 23.0 Å². The number of hydrogen-bond acceptors (Lipinski definition) is 7. The zero-order chi connectivity index (χ0) is 32.9. The number of carbonyl (C=O) groups is 1. The molecule has 2 amide bonds. The first-order chi connectivity index (χ1) is 22.5. The van der Waals surface area contributed by atoms with Crippen LogP contribution in [0.1, 0.15) is 63.3 Å². The minimum absolute atomic E-state index is 0.0213. The smallest absolute Gasteiger partial charge is 0.324 e. The van der Waals surface area contributed by atoms with Gasteiger partial charge in [-0.2, -0.15) is 9.40 Å². The number of fused-ring (bicyclic) bond motifs is 3. The average Bonchev–Trinajstić information content (AvgIpc) is 3.75. The molecular weight excluding hydrogens is 614 g/mol. The number of piperidine rings is 1. The highest BCUT2D eigenvalue weighted by atomic mass is 32.2. The first kappa shape index (κ1) is 31.1. The molecule has 0 aliphatic carbocycles. The minimum Gasteiger partial charge on any atom is -0.356 e. The van der Waals surface area contributed by atoms with Crippen molar-refractivity contribution >= 4 is 38.5 Å². The second kappa shape index (κ2) is 11.9. The fourth-order valence-electron chi connectivity index (χ4n) is 6.94. The number of anilines is 2. The first-order valence-electron chi connectivity index (χ1n) is 16.0. The first-order valence-corrected chi connectivity index (χ1v) is 17.5. The number of hydrogen-bond donors (Lipinski definition) is 2. The molecule has 0 radical (unpaired) electrons. The van der Waals surface area contributed by atoms with Gasteiger partial charge in [-0.25, -0.2) is 22.9 Å². The number of carbonyl (C=O) groups excluding carboxylic acids is 1. The maximum atomic E-state index is 13.8. The lowest BCUT2D eigenvalue weighted by Crippen LogP contribution is -2.47. The number of aromatic nitrogens is 4. The second-order valence-electron chi connectivity index (χ2n) is 13.8. The summed E-state index contributed by atoms with van der Waals surface area (Å²) >= 11 is 0. The molecular formula is C35H39N7O4S. The van der Waals surface area contributed by atoms with Gasteiger partial charge in [-0.05, 0) is 74.8 Å². The Bertz CT molecular complexity index is 2010. The summed E-state index contributed by atoms with van der Waals surface area (Å²) in [4.78, 5) is 17.3. The van der Waals surface area contributed by atoms with Gasteiger partial charge in [0, 0.05) is 41.5 Å². The largest absolute Gasteiger partial charge is 0.356 e. The third kappa shape index (κ3) is 6.15. The van der Waals surface area contributed by atoms with Gasteiger partial charge < -0.3 is 9.84 Å². The molecule has 5 aromatic rings. The lowest BCUT2D eigenvalue weighted by Gasteiger charge is -2.37.